The molecular weight excluding hydrogens is 552 g/mol. The summed E-state index contributed by atoms with van der Waals surface area (Å²) in [6.45, 7) is 7.53. The van der Waals surface area contributed by atoms with Crippen molar-refractivity contribution in [3.8, 4) is 5.75 Å². The van der Waals surface area contributed by atoms with Crippen molar-refractivity contribution in [2.45, 2.75) is 89.3 Å². The van der Waals surface area contributed by atoms with Crippen molar-refractivity contribution in [1.82, 2.24) is 21.3 Å². The fraction of sp³-hybridized carbons (Fsp3) is 0.545. The van der Waals surface area contributed by atoms with E-state index in [1.165, 1.54) is 0 Å². The Bertz CT molecular complexity index is 1230. The number of hydrogen-bond donors (Lipinski definition) is 4. The summed E-state index contributed by atoms with van der Waals surface area (Å²) in [6, 6.07) is 14.0. The van der Waals surface area contributed by atoms with Crippen LogP contribution in [0.15, 0.2) is 48.5 Å². The molecule has 1 unspecified atom stereocenters. The molecule has 228 valence electrons. The van der Waals surface area contributed by atoms with E-state index in [0.717, 1.165) is 36.1 Å². The van der Waals surface area contributed by atoms with Crippen LogP contribution in [0.5, 0.6) is 5.75 Å². The third-order valence-corrected chi connectivity index (χ3v) is 8.99. The van der Waals surface area contributed by atoms with Crippen molar-refractivity contribution in [1.29, 1.82) is 0 Å². The molecule has 1 spiro atoms. The van der Waals surface area contributed by atoms with Gasteiger partial charge in [0, 0.05) is 24.5 Å². The third kappa shape index (κ3) is 8.04. The van der Waals surface area contributed by atoms with E-state index in [2.05, 4.69) is 35.1 Å². The fourth-order valence-electron chi connectivity index (χ4n) is 5.98. The van der Waals surface area contributed by atoms with Gasteiger partial charge in [-0.1, -0.05) is 82.0 Å². The van der Waals surface area contributed by atoms with E-state index in [0.29, 0.717) is 44.0 Å². The Balaban J connectivity index is 1.64. The van der Waals surface area contributed by atoms with Crippen molar-refractivity contribution in [3.05, 3.63) is 64.7 Å². The van der Waals surface area contributed by atoms with Crippen LogP contribution in [0.1, 0.15) is 76.3 Å². The van der Waals surface area contributed by atoms with Crippen LogP contribution in [-0.4, -0.2) is 55.0 Å². The standard InChI is InChI=1S/C33H45ClN4O4/c1-4-22(2)29-31(40)38-33(15-7-8-16-33)32(41)37-27(21-24-10-9-11-25(34)20-24)30(39)36-17-14-23(3)26-12-5-6-13-28(26)42-19-18-35-29/h5-6,9-13,20,22-23,27,29,35H,4,7-8,14-19,21H2,1-3H3,(H,36,39)(H,37,41)(H,38,40)/t22-,23?,27-,29+/m1/s1. The lowest BCUT2D eigenvalue weighted by molar-refractivity contribution is -0.137. The Labute approximate surface area is 254 Å². The van der Waals surface area contributed by atoms with E-state index in [9.17, 15) is 14.4 Å². The van der Waals surface area contributed by atoms with Crippen LogP contribution in [0.3, 0.4) is 0 Å². The Morgan fingerprint density at radius 1 is 1.02 bits per heavy atom. The normalized spacial score (nSPS) is 24.8. The summed E-state index contributed by atoms with van der Waals surface area (Å²) in [5.41, 5.74) is 0.846. The third-order valence-electron chi connectivity index (χ3n) is 8.75. The molecule has 1 aliphatic heterocycles. The molecular formula is C33H45ClN4O4. The number of carbonyl (C=O) groups is 3. The van der Waals surface area contributed by atoms with Crippen LogP contribution in [-0.2, 0) is 20.8 Å². The van der Waals surface area contributed by atoms with Gasteiger partial charge in [-0.2, -0.15) is 0 Å². The van der Waals surface area contributed by atoms with E-state index in [4.69, 9.17) is 16.3 Å². The number of benzene rings is 2. The Morgan fingerprint density at radius 2 is 1.79 bits per heavy atom. The van der Waals surface area contributed by atoms with E-state index in [1.807, 2.05) is 43.3 Å². The van der Waals surface area contributed by atoms with Gasteiger partial charge < -0.3 is 26.0 Å². The zero-order chi connectivity index (χ0) is 30.1. The summed E-state index contributed by atoms with van der Waals surface area (Å²) >= 11 is 6.23. The van der Waals surface area contributed by atoms with Crippen LogP contribution < -0.4 is 26.0 Å². The summed E-state index contributed by atoms with van der Waals surface area (Å²) in [6.07, 6.45) is 4.50. The molecule has 4 N–H and O–H groups in total. The van der Waals surface area contributed by atoms with Crippen molar-refractivity contribution < 1.29 is 19.1 Å². The molecule has 0 bridgehead atoms. The Kier molecular flexibility index (Phi) is 11.3. The highest BCUT2D eigenvalue weighted by Gasteiger charge is 2.45. The van der Waals surface area contributed by atoms with Gasteiger partial charge in [-0.15, -0.1) is 0 Å². The number of fused-ring (bicyclic) bond motifs is 1. The van der Waals surface area contributed by atoms with Gasteiger partial charge in [0.25, 0.3) is 0 Å². The molecule has 2 aromatic carbocycles. The first-order chi connectivity index (χ1) is 20.2. The minimum atomic E-state index is -1.06. The summed E-state index contributed by atoms with van der Waals surface area (Å²) in [7, 11) is 0. The van der Waals surface area contributed by atoms with Crippen molar-refractivity contribution in [3.63, 3.8) is 0 Å². The molecule has 3 amide bonds. The molecule has 8 nitrogen and oxygen atoms in total. The Hall–Kier alpha value is -3.10. The summed E-state index contributed by atoms with van der Waals surface area (Å²) in [5, 5.41) is 13.2. The molecule has 4 rings (SSSR count). The van der Waals surface area contributed by atoms with E-state index in [1.54, 1.807) is 12.1 Å². The molecule has 1 fully saturated rings. The lowest BCUT2D eigenvalue weighted by Crippen LogP contribution is -2.64. The van der Waals surface area contributed by atoms with Gasteiger partial charge in [-0.3, -0.25) is 14.4 Å². The van der Waals surface area contributed by atoms with Crippen molar-refractivity contribution in [2.75, 3.05) is 19.7 Å². The number of rotatable bonds is 4. The van der Waals surface area contributed by atoms with Gasteiger partial charge in [0.1, 0.15) is 23.9 Å². The van der Waals surface area contributed by atoms with Gasteiger partial charge >= 0.3 is 0 Å². The molecule has 9 heteroatoms. The van der Waals surface area contributed by atoms with Crippen LogP contribution >= 0.6 is 11.6 Å². The molecule has 1 aliphatic carbocycles. The number of hydrogen-bond acceptors (Lipinski definition) is 5. The number of carbonyl (C=O) groups excluding carboxylic acids is 3. The van der Waals surface area contributed by atoms with Gasteiger partial charge in [0.05, 0.1) is 6.04 Å². The maximum absolute atomic E-state index is 14.0. The number of halogens is 1. The predicted octanol–water partition coefficient (Wildman–Crippen LogP) is 4.50. The Morgan fingerprint density at radius 3 is 2.52 bits per heavy atom. The van der Waals surface area contributed by atoms with Crippen molar-refractivity contribution >= 4 is 29.3 Å². The second-order valence-electron chi connectivity index (χ2n) is 11.8. The topological polar surface area (TPSA) is 109 Å². The molecule has 0 saturated heterocycles. The highest BCUT2D eigenvalue weighted by molar-refractivity contribution is 6.30. The zero-order valence-electron chi connectivity index (χ0n) is 25.0. The van der Waals surface area contributed by atoms with Crippen molar-refractivity contribution in [2.24, 2.45) is 5.92 Å². The maximum atomic E-state index is 14.0. The minimum Gasteiger partial charge on any atom is -0.492 e. The number of nitrogens with one attached hydrogen (secondary N) is 4. The van der Waals surface area contributed by atoms with Crippen LogP contribution in [0.25, 0.3) is 0 Å². The zero-order valence-corrected chi connectivity index (χ0v) is 25.8. The molecule has 2 aromatic rings. The summed E-state index contributed by atoms with van der Waals surface area (Å²) in [5.74, 6) is 0.206. The van der Waals surface area contributed by atoms with E-state index < -0.39 is 17.6 Å². The molecule has 1 saturated carbocycles. The number of ether oxygens (including phenoxy) is 1. The van der Waals surface area contributed by atoms with Gasteiger partial charge in [0.2, 0.25) is 17.7 Å². The average molecular weight is 597 g/mol. The summed E-state index contributed by atoms with van der Waals surface area (Å²) < 4.78 is 6.17. The largest absolute Gasteiger partial charge is 0.492 e. The predicted molar refractivity (Wildman–Crippen MR) is 166 cm³/mol. The average Bonchev–Trinajstić information content (AvgIpc) is 3.45. The highest BCUT2D eigenvalue weighted by Crippen LogP contribution is 2.31. The van der Waals surface area contributed by atoms with E-state index in [-0.39, 0.29) is 36.0 Å². The number of para-hydroxylation sites is 1. The number of amides is 3. The SMILES string of the molecule is CC[C@@H](C)[C@@H]1NCCOc2ccccc2C(C)CCNC(=O)[C@@H](Cc2cccc(Cl)c2)NC(=O)C2(CCCC2)NC1=O. The minimum absolute atomic E-state index is 0.0470. The smallest absolute Gasteiger partial charge is 0.246 e. The second kappa shape index (κ2) is 14.9. The summed E-state index contributed by atoms with van der Waals surface area (Å²) in [4.78, 5) is 41.3. The quantitative estimate of drug-likeness (QED) is 0.416. The van der Waals surface area contributed by atoms with Gasteiger partial charge in [-0.05, 0) is 60.4 Å². The first kappa shape index (κ1) is 31.8. The molecule has 42 heavy (non-hydrogen) atoms. The maximum Gasteiger partial charge on any atom is 0.246 e. The molecule has 0 radical (unpaired) electrons. The first-order valence-electron chi connectivity index (χ1n) is 15.3. The molecule has 1 heterocycles. The van der Waals surface area contributed by atoms with E-state index >= 15 is 0 Å². The second-order valence-corrected chi connectivity index (χ2v) is 12.3. The molecule has 0 aromatic heterocycles. The first-order valence-corrected chi connectivity index (χ1v) is 15.7. The molecule has 4 atom stereocenters. The van der Waals surface area contributed by atoms with Gasteiger partial charge in [0.15, 0.2) is 0 Å². The molecule has 2 aliphatic rings. The van der Waals surface area contributed by atoms with Crippen LogP contribution in [0, 0.1) is 5.92 Å². The fourth-order valence-corrected chi connectivity index (χ4v) is 6.19. The van der Waals surface area contributed by atoms with Gasteiger partial charge in [-0.25, -0.2) is 0 Å². The van der Waals surface area contributed by atoms with Crippen LogP contribution in [0.2, 0.25) is 5.02 Å². The highest BCUT2D eigenvalue weighted by atomic mass is 35.5. The monoisotopic (exact) mass is 596 g/mol. The lowest BCUT2D eigenvalue weighted by Gasteiger charge is -2.34. The lowest BCUT2D eigenvalue weighted by atomic mass is 9.92. The van der Waals surface area contributed by atoms with Crippen LogP contribution in [0.4, 0.5) is 0 Å².